The van der Waals surface area contributed by atoms with Crippen LogP contribution < -0.4 is 0 Å². The third-order valence-electron chi connectivity index (χ3n) is 10.0. The predicted octanol–water partition coefficient (Wildman–Crippen LogP) is 12.5. The van der Waals surface area contributed by atoms with Gasteiger partial charge in [0, 0.05) is 17.3 Å². The van der Waals surface area contributed by atoms with Gasteiger partial charge in [-0.3, -0.25) is 4.98 Å². The number of pyridine rings is 1. The predicted molar refractivity (Wildman–Crippen MR) is 205 cm³/mol. The molecule has 228 valence electrons. The Hall–Kier alpha value is -6.51. The molecule has 2 aromatic heterocycles. The lowest BCUT2D eigenvalue weighted by atomic mass is 9.80. The topological polar surface area (TPSA) is 17.8 Å². The maximum Gasteiger partial charge on any atom is 0.0963 e. The van der Waals surface area contributed by atoms with Gasteiger partial charge in [0.2, 0.25) is 0 Å². The Bertz CT molecular complexity index is 2710. The maximum atomic E-state index is 4.84. The molecule has 0 spiro atoms. The van der Waals surface area contributed by atoms with Gasteiger partial charge in [-0.15, -0.1) is 0 Å². The van der Waals surface area contributed by atoms with Crippen LogP contribution in [0.1, 0.15) is 0 Å². The van der Waals surface area contributed by atoms with Crippen LogP contribution in [0.15, 0.2) is 182 Å². The van der Waals surface area contributed by atoms with Crippen LogP contribution in [-0.4, -0.2) is 9.55 Å². The van der Waals surface area contributed by atoms with Crippen molar-refractivity contribution in [2.75, 3.05) is 0 Å². The number of hydrogen-bond donors (Lipinski definition) is 0. The molecule has 0 radical (unpaired) electrons. The van der Waals surface area contributed by atoms with Gasteiger partial charge in [-0.05, 0) is 115 Å². The van der Waals surface area contributed by atoms with E-state index >= 15 is 0 Å². The van der Waals surface area contributed by atoms with E-state index in [-0.39, 0.29) is 0 Å². The van der Waals surface area contributed by atoms with Gasteiger partial charge in [0.1, 0.15) is 0 Å². The van der Waals surface area contributed by atoms with Crippen molar-refractivity contribution in [3.05, 3.63) is 182 Å². The summed E-state index contributed by atoms with van der Waals surface area (Å²) < 4.78 is 2.31. The molecule has 7 aromatic carbocycles. The van der Waals surface area contributed by atoms with E-state index in [0.29, 0.717) is 0 Å². The summed E-state index contributed by atoms with van der Waals surface area (Å²) in [5, 5.41) is 1.15. The summed E-state index contributed by atoms with van der Waals surface area (Å²) in [5.74, 6) is 0. The molecule has 2 heterocycles. The highest BCUT2D eigenvalue weighted by molar-refractivity contribution is 6.08. The summed E-state index contributed by atoms with van der Waals surface area (Å²) in [7, 11) is 0. The number of para-hydroxylation sites is 1. The Kier molecular flexibility index (Phi) is 6.22. The van der Waals surface area contributed by atoms with E-state index in [0.717, 1.165) is 27.6 Å². The summed E-state index contributed by atoms with van der Waals surface area (Å²) in [4.78, 5) is 4.84. The normalized spacial score (nSPS) is 11.7. The molecule has 49 heavy (non-hydrogen) atoms. The molecule has 0 aliphatic heterocycles. The second-order valence-electron chi connectivity index (χ2n) is 12.8. The van der Waals surface area contributed by atoms with Gasteiger partial charge in [0.25, 0.3) is 0 Å². The first-order valence-corrected chi connectivity index (χ1v) is 16.8. The van der Waals surface area contributed by atoms with Crippen molar-refractivity contribution in [2.45, 2.75) is 0 Å². The largest absolute Gasteiger partial charge is 0.308 e. The van der Waals surface area contributed by atoms with Crippen LogP contribution in [0, 0.1) is 0 Å². The fraction of sp³-hybridized carbons (Fsp3) is 0. The molecule has 1 aliphatic rings. The fourth-order valence-electron chi connectivity index (χ4n) is 7.79. The van der Waals surface area contributed by atoms with Crippen LogP contribution in [0.25, 0.3) is 94.4 Å². The van der Waals surface area contributed by atoms with Crippen LogP contribution in [-0.2, 0) is 0 Å². The first kappa shape index (κ1) is 27.6. The summed E-state index contributed by atoms with van der Waals surface area (Å²) in [6, 6.07) is 63.9. The average molecular weight is 623 g/mol. The van der Waals surface area contributed by atoms with E-state index < -0.39 is 0 Å². The van der Waals surface area contributed by atoms with Gasteiger partial charge in [0.05, 0.1) is 16.6 Å². The van der Waals surface area contributed by atoms with Gasteiger partial charge in [-0.25, -0.2) is 0 Å². The van der Waals surface area contributed by atoms with Crippen molar-refractivity contribution < 1.29 is 0 Å². The number of rotatable bonds is 3. The molecule has 0 fully saturated rings. The Balaban J connectivity index is 1.13. The van der Waals surface area contributed by atoms with Crippen molar-refractivity contribution in [1.82, 2.24) is 9.55 Å². The lowest BCUT2D eigenvalue weighted by molar-refractivity contribution is 1.18. The van der Waals surface area contributed by atoms with Gasteiger partial charge >= 0.3 is 0 Å². The molecule has 2 heteroatoms. The fourth-order valence-corrected chi connectivity index (χ4v) is 7.79. The van der Waals surface area contributed by atoms with Crippen LogP contribution >= 0.6 is 0 Å². The minimum absolute atomic E-state index is 1.02. The van der Waals surface area contributed by atoms with Crippen LogP contribution in [0.5, 0.6) is 0 Å². The number of fused-ring (bicyclic) bond motifs is 11. The molecule has 0 saturated heterocycles. The molecule has 9 aromatic rings. The molecule has 1 aliphatic carbocycles. The highest BCUT2D eigenvalue weighted by atomic mass is 15.0. The Labute approximate surface area is 285 Å². The van der Waals surface area contributed by atoms with Gasteiger partial charge in [-0.1, -0.05) is 127 Å². The molecule has 0 bridgehead atoms. The molecule has 10 rings (SSSR count). The van der Waals surface area contributed by atoms with Gasteiger partial charge < -0.3 is 4.57 Å². The first-order valence-electron chi connectivity index (χ1n) is 16.8. The van der Waals surface area contributed by atoms with Gasteiger partial charge in [0.15, 0.2) is 0 Å². The summed E-state index contributed by atoms with van der Waals surface area (Å²) >= 11 is 0. The quantitative estimate of drug-likeness (QED) is 0.192. The van der Waals surface area contributed by atoms with Crippen molar-refractivity contribution in [3.8, 4) is 72.4 Å². The number of nitrogens with zero attached hydrogens (tertiary/aromatic N) is 2. The zero-order chi connectivity index (χ0) is 32.3. The lowest BCUT2D eigenvalue weighted by Gasteiger charge is -2.23. The van der Waals surface area contributed by atoms with Crippen molar-refractivity contribution in [1.29, 1.82) is 0 Å². The highest BCUT2D eigenvalue weighted by Gasteiger charge is 2.22. The molecule has 0 N–H and O–H groups in total. The smallest absolute Gasteiger partial charge is 0.0963 e. The van der Waals surface area contributed by atoms with Gasteiger partial charge in [-0.2, -0.15) is 0 Å². The van der Waals surface area contributed by atoms with Crippen molar-refractivity contribution in [3.63, 3.8) is 0 Å². The zero-order valence-electron chi connectivity index (χ0n) is 26.7. The minimum atomic E-state index is 1.02. The molecule has 0 unspecified atom stereocenters. The van der Waals surface area contributed by atoms with Crippen LogP contribution in [0.2, 0.25) is 0 Å². The standard InChI is InChI=1S/C47H30N2/c1-2-14-35(15-3-1)49-45-26-24-34(30-44(45)47-46(49)22-11-27-48-47)32-13-10-12-31(28-32)33-23-25-42-40-20-7-6-18-38(40)36-16-4-5-17-37(36)39-19-8-9-21-41(39)43(42)29-33/h1-30H. The van der Waals surface area contributed by atoms with E-state index in [1.807, 2.05) is 12.3 Å². The Morgan fingerprint density at radius 2 is 0.837 bits per heavy atom. The molecule has 2 nitrogen and oxygen atoms in total. The molecule has 0 atom stereocenters. The van der Waals surface area contributed by atoms with Crippen molar-refractivity contribution >= 4 is 21.9 Å². The van der Waals surface area contributed by atoms with Crippen LogP contribution in [0.4, 0.5) is 0 Å². The van der Waals surface area contributed by atoms with E-state index in [1.165, 1.54) is 66.8 Å². The number of hydrogen-bond acceptors (Lipinski definition) is 1. The monoisotopic (exact) mass is 622 g/mol. The number of aromatic nitrogens is 2. The lowest BCUT2D eigenvalue weighted by Crippen LogP contribution is -1.97. The summed E-state index contributed by atoms with van der Waals surface area (Å²) in [6.07, 6.45) is 1.89. The molecular formula is C47H30N2. The molecular weight excluding hydrogens is 593 g/mol. The van der Waals surface area contributed by atoms with E-state index in [9.17, 15) is 0 Å². The molecule has 0 amide bonds. The zero-order valence-corrected chi connectivity index (χ0v) is 26.7. The first-order chi connectivity index (χ1) is 24.3. The summed E-state index contributed by atoms with van der Waals surface area (Å²) in [5.41, 5.74) is 19.3. The minimum Gasteiger partial charge on any atom is -0.308 e. The maximum absolute atomic E-state index is 4.84. The third kappa shape index (κ3) is 4.38. The van der Waals surface area contributed by atoms with E-state index in [1.54, 1.807) is 0 Å². The molecule has 0 saturated carbocycles. The SMILES string of the molecule is c1ccc(-n2c3ccc(-c4cccc(-c5ccc6c(c5)-c5ccccc5-c5ccccc5-c5ccccc5-6)c4)cc3c3ncccc32)cc1. The summed E-state index contributed by atoms with van der Waals surface area (Å²) in [6.45, 7) is 0. The number of benzene rings is 7. The van der Waals surface area contributed by atoms with E-state index in [4.69, 9.17) is 4.98 Å². The Morgan fingerprint density at radius 3 is 1.47 bits per heavy atom. The highest BCUT2D eigenvalue weighted by Crippen LogP contribution is 2.48. The third-order valence-corrected chi connectivity index (χ3v) is 10.0. The second kappa shape index (κ2) is 11.0. The second-order valence-corrected chi connectivity index (χ2v) is 12.8. The van der Waals surface area contributed by atoms with Crippen molar-refractivity contribution in [2.24, 2.45) is 0 Å². The average Bonchev–Trinajstić information content (AvgIpc) is 3.51. The van der Waals surface area contributed by atoms with E-state index in [2.05, 4.69) is 174 Å². The van der Waals surface area contributed by atoms with Crippen LogP contribution in [0.3, 0.4) is 0 Å². The Morgan fingerprint density at radius 1 is 0.327 bits per heavy atom.